The van der Waals surface area contributed by atoms with Gasteiger partial charge in [-0.15, -0.1) is 0 Å². The molecule has 11 N–H and O–H groups in total. The van der Waals surface area contributed by atoms with Crippen LogP contribution in [-0.4, -0.2) is 109 Å². The van der Waals surface area contributed by atoms with Gasteiger partial charge in [0.25, 0.3) is 0 Å². The van der Waals surface area contributed by atoms with Crippen LogP contribution in [0.25, 0.3) is 21.5 Å². The molecule has 6 rings (SSSR count). The van der Waals surface area contributed by atoms with E-state index in [-0.39, 0.29) is 62.7 Å². The number of nitrogens with zero attached hydrogens (tertiary/aromatic N) is 4. The van der Waals surface area contributed by atoms with Crippen molar-refractivity contribution in [2.75, 3.05) is 27.2 Å². The van der Waals surface area contributed by atoms with Crippen LogP contribution < -0.4 is 38.9 Å². The van der Waals surface area contributed by atoms with Crippen LogP contribution in [0.1, 0.15) is 55.2 Å². The Kier molecular flexibility index (Phi) is 17.4. The third-order valence-corrected chi connectivity index (χ3v) is 12.4. The summed E-state index contributed by atoms with van der Waals surface area (Å²) in [4.78, 5) is 85.3. The van der Waals surface area contributed by atoms with E-state index in [2.05, 4.69) is 25.9 Å². The summed E-state index contributed by atoms with van der Waals surface area (Å²) in [6, 6.07) is 26.6. The molecule has 1 heterocycles. The highest BCUT2D eigenvalue weighted by Crippen LogP contribution is 2.24. The van der Waals surface area contributed by atoms with Crippen molar-refractivity contribution in [3.63, 3.8) is 0 Å². The van der Waals surface area contributed by atoms with Crippen LogP contribution in [0, 0.1) is 5.82 Å². The first-order valence-electron chi connectivity index (χ1n) is 22.9. The van der Waals surface area contributed by atoms with Crippen molar-refractivity contribution in [2.45, 2.75) is 88.0 Å². The van der Waals surface area contributed by atoms with E-state index < -0.39 is 65.6 Å². The van der Waals surface area contributed by atoms with Crippen LogP contribution in [-0.2, 0) is 43.2 Å². The molecule has 5 atom stereocenters. The Morgan fingerprint density at radius 1 is 0.529 bits per heavy atom. The zero-order valence-corrected chi connectivity index (χ0v) is 38.6. The molecule has 5 aromatic rings. The number of unbranched alkanes of at least 4 members (excludes halogenated alkanes) is 2. The minimum Gasteiger partial charge on any atom is -0.370 e. The number of benzene rings is 5. The molecular weight excluding hydrogens is 866 g/mol. The van der Waals surface area contributed by atoms with Gasteiger partial charge in [-0.1, -0.05) is 103 Å². The van der Waals surface area contributed by atoms with Crippen LogP contribution >= 0.6 is 0 Å². The second-order valence-electron chi connectivity index (χ2n) is 17.2. The minimum atomic E-state index is -1.41. The van der Waals surface area contributed by atoms with Gasteiger partial charge in [-0.2, -0.15) is 0 Å². The Labute approximate surface area is 395 Å². The second-order valence-corrected chi connectivity index (χ2v) is 17.2. The highest BCUT2D eigenvalue weighted by atomic mass is 19.1. The zero-order valence-electron chi connectivity index (χ0n) is 38.6. The highest BCUT2D eigenvalue weighted by molar-refractivity contribution is 5.98. The first-order chi connectivity index (χ1) is 32.7. The number of likely N-dealkylation sites (N-methyl/N-ethyl adjacent to an activating group) is 2. The Morgan fingerprint density at radius 2 is 1.07 bits per heavy atom. The lowest BCUT2D eigenvalue weighted by Crippen LogP contribution is -2.59. The average Bonchev–Trinajstić information content (AvgIpc) is 3.32. The van der Waals surface area contributed by atoms with Crippen molar-refractivity contribution in [3.8, 4) is 0 Å². The number of nitrogens with two attached hydrogens (primary N) is 4. The molecule has 16 nitrogen and oxygen atoms in total. The first-order valence-corrected chi connectivity index (χ1v) is 22.9. The van der Waals surface area contributed by atoms with E-state index in [0.717, 1.165) is 32.7 Å². The molecule has 0 saturated carbocycles. The van der Waals surface area contributed by atoms with Crippen LogP contribution in [0.4, 0.5) is 4.39 Å². The summed E-state index contributed by atoms with van der Waals surface area (Å²) in [5.41, 5.74) is 23.9. The number of rotatable bonds is 16. The molecule has 0 aromatic heterocycles. The summed E-state index contributed by atoms with van der Waals surface area (Å²) < 4.78 is 15.4. The largest absolute Gasteiger partial charge is 0.370 e. The molecule has 17 heteroatoms. The molecule has 1 aliphatic rings. The molecule has 5 amide bonds. The topological polar surface area (TPSA) is 257 Å². The number of carbonyl (C=O) groups excluding carboxylic acids is 5. The first kappa shape index (κ1) is 49.9. The fourth-order valence-electron chi connectivity index (χ4n) is 8.67. The quantitative estimate of drug-likeness (QED) is 0.0435. The van der Waals surface area contributed by atoms with Gasteiger partial charge in [0.05, 0.1) is 0 Å². The van der Waals surface area contributed by atoms with E-state index in [1.807, 2.05) is 84.9 Å². The monoisotopic (exact) mass is 927 g/mol. The van der Waals surface area contributed by atoms with Gasteiger partial charge in [0.15, 0.2) is 11.9 Å². The maximum Gasteiger partial charge on any atom is 0.245 e. The van der Waals surface area contributed by atoms with Gasteiger partial charge in [0.1, 0.15) is 36.0 Å². The smallest absolute Gasteiger partial charge is 0.245 e. The molecule has 358 valence electrons. The lowest BCUT2D eigenvalue weighted by molar-refractivity contribution is -0.144. The van der Waals surface area contributed by atoms with Crippen molar-refractivity contribution < 1.29 is 28.4 Å². The number of fused-ring (bicyclic) bond motifs is 2. The van der Waals surface area contributed by atoms with Crippen LogP contribution in [0.3, 0.4) is 0 Å². The lowest BCUT2D eigenvalue weighted by atomic mass is 9.96. The summed E-state index contributed by atoms with van der Waals surface area (Å²) in [6.45, 7) is 0.539. The molecule has 1 fully saturated rings. The molecule has 0 bridgehead atoms. The number of hydrogen-bond acceptors (Lipinski definition) is 7. The zero-order chi connectivity index (χ0) is 48.7. The van der Waals surface area contributed by atoms with E-state index in [9.17, 15) is 14.4 Å². The highest BCUT2D eigenvalue weighted by Gasteiger charge is 2.39. The van der Waals surface area contributed by atoms with E-state index in [1.165, 1.54) is 42.1 Å². The Bertz CT molecular complexity index is 2650. The fraction of sp³-hybridized carbons (Fsp3) is 0.353. The number of aliphatic imine (C=N–C) groups is 2. The standard InChI is InChI=1S/C51H62FN11O5/c1-62-43(23-10-12-27-58-51(55)56)46(65)61-42(29-32-24-25-33-14-3-4-16-35(33)28-32)49(68)63(2)44(31-36-19-13-18-34-15-5-7-20-38(34)36)47(66)60-41(30-37-17-6-8-21-39(37)52)45(64)59-40(48(62)67)22-9-11-26-57-50(53)54/h3-8,13-21,24-25,28,40-44H,9-12,22-23,26-27,29-31H2,1-2H3,(H,59,64)(H,60,66)(H,61,65)(H4,53,54,57)(H4,55,56,58)/t40-,41+,42-,43-,44-/m0/s1. The fourth-order valence-corrected chi connectivity index (χ4v) is 8.67. The molecule has 0 unspecified atom stereocenters. The third kappa shape index (κ3) is 13.3. The molecular formula is C51H62FN11O5. The molecule has 68 heavy (non-hydrogen) atoms. The molecule has 0 spiro atoms. The van der Waals surface area contributed by atoms with Gasteiger partial charge >= 0.3 is 0 Å². The summed E-state index contributed by atoms with van der Waals surface area (Å²) >= 11 is 0. The maximum atomic E-state index is 15.4. The van der Waals surface area contributed by atoms with E-state index in [1.54, 1.807) is 6.07 Å². The Hall–Kier alpha value is -7.56. The van der Waals surface area contributed by atoms with Crippen molar-refractivity contribution >= 4 is 63.0 Å². The predicted molar refractivity (Wildman–Crippen MR) is 263 cm³/mol. The van der Waals surface area contributed by atoms with Crippen molar-refractivity contribution in [1.82, 2.24) is 25.8 Å². The van der Waals surface area contributed by atoms with Crippen molar-refractivity contribution in [3.05, 3.63) is 132 Å². The number of hydrogen-bond donors (Lipinski definition) is 7. The van der Waals surface area contributed by atoms with Gasteiger partial charge in [0, 0.05) is 46.4 Å². The number of halogens is 1. The molecule has 5 aromatic carbocycles. The van der Waals surface area contributed by atoms with Crippen LogP contribution in [0.15, 0.2) is 119 Å². The molecule has 0 radical (unpaired) electrons. The van der Waals surface area contributed by atoms with Crippen LogP contribution in [0.5, 0.6) is 0 Å². The summed E-state index contributed by atoms with van der Waals surface area (Å²) in [5, 5.41) is 12.4. The summed E-state index contributed by atoms with van der Waals surface area (Å²) in [5.74, 6) is -4.04. The number of amides is 5. The molecule has 1 aliphatic heterocycles. The Balaban J connectivity index is 1.47. The Morgan fingerprint density at radius 3 is 1.78 bits per heavy atom. The summed E-state index contributed by atoms with van der Waals surface area (Å²) in [7, 11) is 2.97. The van der Waals surface area contributed by atoms with Crippen molar-refractivity contribution in [2.24, 2.45) is 32.9 Å². The third-order valence-electron chi connectivity index (χ3n) is 12.4. The van der Waals surface area contributed by atoms with Crippen LogP contribution in [0.2, 0.25) is 0 Å². The minimum absolute atomic E-state index is 0.0121. The maximum absolute atomic E-state index is 15.4. The van der Waals surface area contributed by atoms with E-state index >= 15 is 14.0 Å². The molecule has 1 saturated heterocycles. The number of carbonyl (C=O) groups is 5. The van der Waals surface area contributed by atoms with E-state index in [0.29, 0.717) is 25.7 Å². The van der Waals surface area contributed by atoms with Gasteiger partial charge < -0.3 is 48.7 Å². The summed E-state index contributed by atoms with van der Waals surface area (Å²) in [6.07, 6.45) is 1.71. The van der Waals surface area contributed by atoms with Gasteiger partial charge in [-0.3, -0.25) is 34.0 Å². The van der Waals surface area contributed by atoms with Crippen molar-refractivity contribution in [1.29, 1.82) is 0 Å². The average molecular weight is 928 g/mol. The normalized spacial score (nSPS) is 19.7. The second kappa shape index (κ2) is 23.8. The molecule has 0 aliphatic carbocycles. The number of nitrogens with one attached hydrogen (secondary N) is 3. The van der Waals surface area contributed by atoms with Gasteiger partial charge in [0.2, 0.25) is 29.5 Å². The predicted octanol–water partition coefficient (Wildman–Crippen LogP) is 3.17. The van der Waals surface area contributed by atoms with Gasteiger partial charge in [-0.05, 0) is 82.8 Å². The SMILES string of the molecule is CN1C(=O)[C@H](CCCCN=C(N)N)NC(=O)[C@@H](Cc2ccccc2F)NC(=O)[C@H](Cc2cccc3ccccc23)N(C)C(=O)[C@H](Cc2ccc3ccccc3c2)NC(=O)[C@@H]1CCCCN=C(N)N. The number of guanidine groups is 2. The lowest BCUT2D eigenvalue weighted by Gasteiger charge is -2.34. The van der Waals surface area contributed by atoms with E-state index in [4.69, 9.17) is 22.9 Å². The van der Waals surface area contributed by atoms with Gasteiger partial charge in [-0.25, -0.2) is 4.39 Å².